The van der Waals surface area contributed by atoms with E-state index in [0.717, 1.165) is 11.3 Å². The second-order valence-electron chi connectivity index (χ2n) is 5.14. The van der Waals surface area contributed by atoms with E-state index in [-0.39, 0.29) is 11.9 Å². The summed E-state index contributed by atoms with van der Waals surface area (Å²) in [5.41, 5.74) is 6.76. The summed E-state index contributed by atoms with van der Waals surface area (Å²) < 4.78 is 5.74. The van der Waals surface area contributed by atoms with Crippen molar-refractivity contribution in [2.75, 3.05) is 20.7 Å². The van der Waals surface area contributed by atoms with Crippen LogP contribution in [0.15, 0.2) is 18.2 Å². The molecule has 2 N–H and O–H groups in total. The molecule has 1 aromatic carbocycles. The molecule has 1 rings (SSSR count). The molecule has 0 saturated heterocycles. The molecule has 0 fully saturated rings. The zero-order valence-electron chi connectivity index (χ0n) is 12.4. The molecular formula is C15H23ClN2O2. The Morgan fingerprint density at radius 3 is 2.75 bits per heavy atom. The molecule has 0 aliphatic heterocycles. The standard InChI is InChI=1S/C15H23ClN2O2/c1-11(17)10-12-13(16)6-4-7-14(12)20-9-5-8-15(19)18(2)3/h4,6-7,11H,5,8-10,17H2,1-3H3. The number of nitrogens with zero attached hydrogens (tertiary/aromatic N) is 1. The number of halogens is 1. The van der Waals surface area contributed by atoms with E-state index >= 15 is 0 Å². The van der Waals surface area contributed by atoms with Crippen LogP contribution in [0.4, 0.5) is 0 Å². The molecule has 1 atom stereocenters. The minimum Gasteiger partial charge on any atom is -0.493 e. The predicted molar refractivity (Wildman–Crippen MR) is 82.2 cm³/mol. The van der Waals surface area contributed by atoms with E-state index < -0.39 is 0 Å². The lowest BCUT2D eigenvalue weighted by molar-refractivity contribution is -0.128. The topological polar surface area (TPSA) is 55.6 Å². The monoisotopic (exact) mass is 298 g/mol. The Morgan fingerprint density at radius 1 is 1.45 bits per heavy atom. The fourth-order valence-corrected chi connectivity index (χ4v) is 2.07. The summed E-state index contributed by atoms with van der Waals surface area (Å²) in [6.45, 7) is 2.43. The molecule has 1 unspecified atom stereocenters. The molecule has 4 nitrogen and oxygen atoms in total. The van der Waals surface area contributed by atoms with Gasteiger partial charge in [0.1, 0.15) is 5.75 Å². The predicted octanol–water partition coefficient (Wildman–Crippen LogP) is 2.48. The van der Waals surface area contributed by atoms with Gasteiger partial charge >= 0.3 is 0 Å². The Kier molecular flexibility index (Phi) is 6.82. The van der Waals surface area contributed by atoms with Gasteiger partial charge in [0.05, 0.1) is 6.61 Å². The summed E-state index contributed by atoms with van der Waals surface area (Å²) in [6, 6.07) is 5.60. The third-order valence-corrected chi connectivity index (χ3v) is 3.25. The molecule has 0 heterocycles. The molecular weight excluding hydrogens is 276 g/mol. The van der Waals surface area contributed by atoms with Gasteiger partial charge in [0.15, 0.2) is 0 Å². The summed E-state index contributed by atoms with van der Waals surface area (Å²) in [6.07, 6.45) is 1.84. The highest BCUT2D eigenvalue weighted by molar-refractivity contribution is 6.31. The fourth-order valence-electron chi connectivity index (χ4n) is 1.82. The highest BCUT2D eigenvalue weighted by Crippen LogP contribution is 2.27. The van der Waals surface area contributed by atoms with Crippen LogP contribution in [0.5, 0.6) is 5.75 Å². The SMILES string of the molecule is CC(N)Cc1c(Cl)cccc1OCCCC(=O)N(C)C. The fraction of sp³-hybridized carbons (Fsp3) is 0.533. The average molecular weight is 299 g/mol. The lowest BCUT2D eigenvalue weighted by atomic mass is 10.1. The Labute approximate surface area is 125 Å². The number of amides is 1. The second kappa shape index (κ2) is 8.12. The van der Waals surface area contributed by atoms with E-state index in [1.54, 1.807) is 19.0 Å². The van der Waals surface area contributed by atoms with Crippen molar-refractivity contribution in [3.8, 4) is 5.75 Å². The lowest BCUT2D eigenvalue weighted by Gasteiger charge is -2.15. The Hall–Kier alpha value is -1.26. The Bertz CT molecular complexity index is 447. The maximum Gasteiger partial charge on any atom is 0.222 e. The lowest BCUT2D eigenvalue weighted by Crippen LogP contribution is -2.22. The van der Waals surface area contributed by atoms with Gasteiger partial charge in [0.2, 0.25) is 5.91 Å². The van der Waals surface area contributed by atoms with Crippen molar-refractivity contribution >= 4 is 17.5 Å². The van der Waals surface area contributed by atoms with Gasteiger partial charge in [-0.25, -0.2) is 0 Å². The number of carbonyl (C=O) groups excluding carboxylic acids is 1. The molecule has 0 aliphatic rings. The highest BCUT2D eigenvalue weighted by atomic mass is 35.5. The van der Waals surface area contributed by atoms with Crippen LogP contribution in [0.1, 0.15) is 25.3 Å². The van der Waals surface area contributed by atoms with Gasteiger partial charge < -0.3 is 15.4 Å². The van der Waals surface area contributed by atoms with Crippen LogP contribution in [-0.2, 0) is 11.2 Å². The van der Waals surface area contributed by atoms with Gasteiger partial charge in [0, 0.05) is 37.1 Å². The van der Waals surface area contributed by atoms with Crippen LogP contribution in [-0.4, -0.2) is 37.6 Å². The summed E-state index contributed by atoms with van der Waals surface area (Å²) in [4.78, 5) is 13.0. The molecule has 112 valence electrons. The van der Waals surface area contributed by atoms with Crippen LogP contribution in [0.3, 0.4) is 0 Å². The van der Waals surface area contributed by atoms with Crippen LogP contribution in [0, 0.1) is 0 Å². The van der Waals surface area contributed by atoms with E-state index in [4.69, 9.17) is 22.1 Å². The molecule has 5 heteroatoms. The normalized spacial score (nSPS) is 12.1. The van der Waals surface area contributed by atoms with Gasteiger partial charge in [-0.05, 0) is 31.9 Å². The van der Waals surface area contributed by atoms with Gasteiger partial charge in [0.25, 0.3) is 0 Å². The number of nitrogens with two attached hydrogens (primary N) is 1. The van der Waals surface area contributed by atoms with E-state index in [0.29, 0.717) is 30.9 Å². The quantitative estimate of drug-likeness (QED) is 0.787. The minimum atomic E-state index is 0.0209. The first-order valence-corrected chi connectivity index (χ1v) is 7.15. The second-order valence-corrected chi connectivity index (χ2v) is 5.55. The van der Waals surface area contributed by atoms with Crippen LogP contribution in [0.2, 0.25) is 5.02 Å². The molecule has 0 radical (unpaired) electrons. The molecule has 0 spiro atoms. The van der Waals surface area contributed by atoms with Crippen molar-refractivity contribution in [1.82, 2.24) is 4.90 Å². The Morgan fingerprint density at radius 2 is 2.15 bits per heavy atom. The smallest absolute Gasteiger partial charge is 0.222 e. The van der Waals surface area contributed by atoms with Crippen molar-refractivity contribution < 1.29 is 9.53 Å². The summed E-state index contributed by atoms with van der Waals surface area (Å²) in [5, 5.41) is 0.671. The molecule has 1 amide bonds. The third kappa shape index (κ3) is 5.39. The molecule has 0 saturated carbocycles. The average Bonchev–Trinajstić information content (AvgIpc) is 2.37. The first kappa shape index (κ1) is 16.8. The maximum atomic E-state index is 11.5. The number of rotatable bonds is 7. The van der Waals surface area contributed by atoms with Crippen molar-refractivity contribution in [2.45, 2.75) is 32.2 Å². The summed E-state index contributed by atoms with van der Waals surface area (Å²) >= 11 is 6.18. The minimum absolute atomic E-state index is 0.0209. The molecule has 0 aromatic heterocycles. The first-order valence-electron chi connectivity index (χ1n) is 6.77. The van der Waals surface area contributed by atoms with Crippen molar-refractivity contribution in [2.24, 2.45) is 5.73 Å². The van der Waals surface area contributed by atoms with Crippen LogP contribution >= 0.6 is 11.6 Å². The number of hydrogen-bond acceptors (Lipinski definition) is 3. The van der Waals surface area contributed by atoms with E-state index in [2.05, 4.69) is 0 Å². The molecule has 0 bridgehead atoms. The van der Waals surface area contributed by atoms with Crippen LogP contribution in [0.25, 0.3) is 0 Å². The van der Waals surface area contributed by atoms with Gasteiger partial charge in [-0.15, -0.1) is 0 Å². The van der Waals surface area contributed by atoms with Gasteiger partial charge in [-0.3, -0.25) is 4.79 Å². The third-order valence-electron chi connectivity index (χ3n) is 2.89. The van der Waals surface area contributed by atoms with E-state index in [1.165, 1.54) is 0 Å². The molecule has 0 aliphatic carbocycles. The van der Waals surface area contributed by atoms with E-state index in [9.17, 15) is 4.79 Å². The summed E-state index contributed by atoms with van der Waals surface area (Å²) in [7, 11) is 3.50. The van der Waals surface area contributed by atoms with Crippen molar-refractivity contribution in [3.63, 3.8) is 0 Å². The zero-order chi connectivity index (χ0) is 15.1. The molecule has 20 heavy (non-hydrogen) atoms. The van der Waals surface area contributed by atoms with Crippen molar-refractivity contribution in [1.29, 1.82) is 0 Å². The highest BCUT2D eigenvalue weighted by Gasteiger charge is 2.11. The summed E-state index contributed by atoms with van der Waals surface area (Å²) in [5.74, 6) is 0.864. The first-order chi connectivity index (χ1) is 9.41. The largest absolute Gasteiger partial charge is 0.493 e. The molecule has 1 aromatic rings. The maximum absolute atomic E-state index is 11.5. The number of benzene rings is 1. The number of ether oxygens (including phenoxy) is 1. The van der Waals surface area contributed by atoms with Gasteiger partial charge in [-0.2, -0.15) is 0 Å². The van der Waals surface area contributed by atoms with Gasteiger partial charge in [-0.1, -0.05) is 17.7 Å². The van der Waals surface area contributed by atoms with Crippen LogP contribution < -0.4 is 10.5 Å². The van der Waals surface area contributed by atoms with Crippen molar-refractivity contribution in [3.05, 3.63) is 28.8 Å². The number of carbonyl (C=O) groups is 1. The zero-order valence-corrected chi connectivity index (χ0v) is 13.1. The van der Waals surface area contributed by atoms with E-state index in [1.807, 2.05) is 25.1 Å². The number of hydrogen-bond donors (Lipinski definition) is 1. The Balaban J connectivity index is 2.55.